The molecule has 1 heterocycles. The fraction of sp³-hybridized carbons (Fsp3) is 0.750. The molecule has 0 unspecified atom stereocenters. The van der Waals surface area contributed by atoms with Gasteiger partial charge in [0, 0.05) is 6.54 Å². The van der Waals surface area contributed by atoms with Crippen LogP contribution < -0.4 is 21.7 Å². The van der Waals surface area contributed by atoms with Crippen LogP contribution in [0.5, 0.6) is 0 Å². The van der Waals surface area contributed by atoms with Gasteiger partial charge in [-0.15, -0.1) is 0 Å². The Morgan fingerprint density at radius 1 is 1.03 bits per heavy atom. The largest absolute Gasteiger partial charge is 0.480 e. The number of aliphatic hydroxyl groups excluding tert-OH is 2. The summed E-state index contributed by atoms with van der Waals surface area (Å²) in [6.45, 7) is 4.12. The van der Waals surface area contributed by atoms with E-state index in [1.54, 1.807) is 0 Å². The van der Waals surface area contributed by atoms with E-state index in [2.05, 4.69) is 16.0 Å². The molecule has 0 spiro atoms. The fourth-order valence-electron chi connectivity index (χ4n) is 3.53. The van der Waals surface area contributed by atoms with Crippen LogP contribution in [0.3, 0.4) is 0 Å². The van der Waals surface area contributed by atoms with Crippen LogP contribution in [0.2, 0.25) is 0 Å². The lowest BCUT2D eigenvalue weighted by Crippen LogP contribution is -2.59. The van der Waals surface area contributed by atoms with E-state index in [1.807, 2.05) is 13.8 Å². The van der Waals surface area contributed by atoms with Crippen molar-refractivity contribution < 1.29 is 39.3 Å². The molecule has 1 rings (SSSR count). The Labute approximate surface area is 192 Å². The van der Waals surface area contributed by atoms with Gasteiger partial charge in [-0.05, 0) is 32.1 Å². The summed E-state index contributed by atoms with van der Waals surface area (Å²) in [5.41, 5.74) is 5.40. The maximum atomic E-state index is 12.8. The lowest BCUT2D eigenvalue weighted by atomic mass is 10.0. The minimum atomic E-state index is -1.64. The van der Waals surface area contributed by atoms with Crippen LogP contribution in [0.15, 0.2) is 0 Å². The molecular weight excluding hydrogens is 438 g/mol. The summed E-state index contributed by atoms with van der Waals surface area (Å²) in [7, 11) is 0. The number of hydrogen-bond acceptors (Lipinski definition) is 8. The number of carboxylic acid groups (broad SMARTS) is 1. The fourth-order valence-corrected chi connectivity index (χ4v) is 3.53. The Balaban J connectivity index is 2.90. The first kappa shape index (κ1) is 28.3. The van der Waals surface area contributed by atoms with Crippen LogP contribution in [0.25, 0.3) is 0 Å². The Bertz CT molecular complexity index is 729. The molecule has 1 saturated heterocycles. The van der Waals surface area contributed by atoms with E-state index in [-0.39, 0.29) is 24.8 Å². The predicted molar refractivity (Wildman–Crippen MR) is 115 cm³/mol. The van der Waals surface area contributed by atoms with Gasteiger partial charge in [0.2, 0.25) is 23.6 Å². The second-order valence-corrected chi connectivity index (χ2v) is 8.45. The number of amides is 4. The summed E-state index contributed by atoms with van der Waals surface area (Å²) < 4.78 is 0. The van der Waals surface area contributed by atoms with Crippen molar-refractivity contribution >= 4 is 29.6 Å². The van der Waals surface area contributed by atoms with Gasteiger partial charge < -0.3 is 41.9 Å². The van der Waals surface area contributed by atoms with Crippen molar-refractivity contribution in [2.24, 2.45) is 11.7 Å². The Hall–Kier alpha value is -2.77. The van der Waals surface area contributed by atoms with E-state index in [4.69, 9.17) is 10.8 Å². The number of carbonyl (C=O) groups excluding carboxylic acids is 4. The molecule has 13 heteroatoms. The zero-order valence-electron chi connectivity index (χ0n) is 19.1. The number of likely N-dealkylation sites (tertiary alicyclic amines) is 1. The molecule has 0 aliphatic carbocycles. The third kappa shape index (κ3) is 8.26. The number of aliphatic carboxylic acids is 1. The summed E-state index contributed by atoms with van der Waals surface area (Å²) in [5.74, 6) is -4.19. The topological polar surface area (TPSA) is 211 Å². The molecule has 0 saturated carbocycles. The highest BCUT2D eigenvalue weighted by molar-refractivity contribution is 5.95. The summed E-state index contributed by atoms with van der Waals surface area (Å²) in [5, 5.41) is 35.1. The van der Waals surface area contributed by atoms with Gasteiger partial charge in [-0.25, -0.2) is 4.79 Å². The highest BCUT2D eigenvalue weighted by Gasteiger charge is 2.36. The van der Waals surface area contributed by atoms with E-state index in [1.165, 1.54) is 11.8 Å². The molecule has 0 aromatic heterocycles. The predicted octanol–water partition coefficient (Wildman–Crippen LogP) is -3.11. The van der Waals surface area contributed by atoms with Gasteiger partial charge >= 0.3 is 5.97 Å². The number of nitrogens with zero attached hydrogens (tertiary/aromatic N) is 1. The smallest absolute Gasteiger partial charge is 0.328 e. The molecule has 1 fully saturated rings. The molecule has 13 nitrogen and oxygen atoms in total. The minimum absolute atomic E-state index is 0.0283. The van der Waals surface area contributed by atoms with Crippen molar-refractivity contribution in [2.75, 3.05) is 19.7 Å². The average Bonchev–Trinajstić information content (AvgIpc) is 3.23. The first-order valence-electron chi connectivity index (χ1n) is 10.8. The van der Waals surface area contributed by atoms with E-state index in [9.17, 15) is 34.2 Å². The molecular formula is C20H35N5O8. The van der Waals surface area contributed by atoms with Crippen molar-refractivity contribution in [1.82, 2.24) is 20.9 Å². The summed E-state index contributed by atoms with van der Waals surface area (Å²) in [4.78, 5) is 62.5. The van der Waals surface area contributed by atoms with Crippen LogP contribution in [0.1, 0.15) is 40.0 Å². The lowest BCUT2D eigenvalue weighted by molar-refractivity contribution is -0.145. The number of aliphatic hydroxyl groups is 2. The molecule has 0 bridgehead atoms. The second kappa shape index (κ2) is 13.1. The van der Waals surface area contributed by atoms with E-state index < -0.39 is 60.6 Å². The van der Waals surface area contributed by atoms with Gasteiger partial charge in [0.05, 0.1) is 19.3 Å². The number of carbonyl (C=O) groups is 5. The standard InChI is InChI=1S/C20H35N5O8/c1-10(2)7-12(22-19(31)14-5-4-6-25(14)15(28)8-21)17(29)23-13(9-26)18(30)24-16(11(3)27)20(32)33/h10-14,16,26-27H,4-9,21H2,1-3H3,(H,22,31)(H,23,29)(H,24,30)(H,32,33)/t11-,12+,13+,14+,16+/m1/s1. The van der Waals surface area contributed by atoms with Crippen molar-refractivity contribution in [3.63, 3.8) is 0 Å². The zero-order valence-corrected chi connectivity index (χ0v) is 19.1. The van der Waals surface area contributed by atoms with Gasteiger partial charge in [0.1, 0.15) is 18.1 Å². The normalized spacial score (nSPS) is 19.4. The van der Waals surface area contributed by atoms with Crippen LogP contribution in [0.4, 0.5) is 0 Å². The van der Waals surface area contributed by atoms with Crippen LogP contribution >= 0.6 is 0 Å². The van der Waals surface area contributed by atoms with Gasteiger partial charge in [-0.2, -0.15) is 0 Å². The molecule has 188 valence electrons. The molecule has 1 aliphatic heterocycles. The van der Waals surface area contributed by atoms with Crippen LogP contribution in [0, 0.1) is 5.92 Å². The minimum Gasteiger partial charge on any atom is -0.480 e. The van der Waals surface area contributed by atoms with E-state index in [0.29, 0.717) is 19.4 Å². The third-order valence-corrected chi connectivity index (χ3v) is 5.25. The maximum Gasteiger partial charge on any atom is 0.328 e. The van der Waals surface area contributed by atoms with E-state index >= 15 is 0 Å². The van der Waals surface area contributed by atoms with Gasteiger partial charge in [-0.3, -0.25) is 19.2 Å². The number of carboxylic acids is 1. The second-order valence-electron chi connectivity index (χ2n) is 8.45. The molecule has 0 aromatic rings. The highest BCUT2D eigenvalue weighted by Crippen LogP contribution is 2.18. The summed E-state index contributed by atoms with van der Waals surface area (Å²) in [6.07, 6.45) is -0.169. The monoisotopic (exact) mass is 473 g/mol. The number of nitrogens with two attached hydrogens (primary N) is 1. The Morgan fingerprint density at radius 2 is 1.64 bits per heavy atom. The average molecular weight is 474 g/mol. The van der Waals surface area contributed by atoms with Crippen molar-refractivity contribution in [2.45, 2.75) is 70.3 Å². The molecule has 5 atom stereocenters. The molecule has 0 radical (unpaired) electrons. The number of hydrogen-bond donors (Lipinski definition) is 7. The SMILES string of the molecule is CC(C)C[C@H](NC(=O)[C@@H]1CCCN1C(=O)CN)C(=O)N[C@@H](CO)C(=O)N[C@H](C(=O)O)[C@@H](C)O. The number of rotatable bonds is 12. The van der Waals surface area contributed by atoms with E-state index in [0.717, 1.165) is 0 Å². The van der Waals surface area contributed by atoms with Crippen molar-refractivity contribution in [3.8, 4) is 0 Å². The quantitative estimate of drug-likeness (QED) is 0.153. The van der Waals surface area contributed by atoms with Gasteiger partial charge in [0.25, 0.3) is 0 Å². The Kier molecular flexibility index (Phi) is 11.2. The number of nitrogens with one attached hydrogen (secondary N) is 3. The van der Waals surface area contributed by atoms with Gasteiger partial charge in [0.15, 0.2) is 6.04 Å². The summed E-state index contributed by atoms with van der Waals surface area (Å²) in [6, 6.07) is -4.97. The summed E-state index contributed by atoms with van der Waals surface area (Å²) >= 11 is 0. The lowest BCUT2D eigenvalue weighted by Gasteiger charge is -2.28. The third-order valence-electron chi connectivity index (χ3n) is 5.25. The molecule has 33 heavy (non-hydrogen) atoms. The van der Waals surface area contributed by atoms with Crippen molar-refractivity contribution in [1.29, 1.82) is 0 Å². The van der Waals surface area contributed by atoms with Crippen LogP contribution in [-0.2, 0) is 24.0 Å². The molecule has 0 aromatic carbocycles. The maximum absolute atomic E-state index is 12.8. The van der Waals surface area contributed by atoms with Crippen LogP contribution in [-0.4, -0.2) is 99.8 Å². The first-order valence-corrected chi connectivity index (χ1v) is 10.8. The van der Waals surface area contributed by atoms with Gasteiger partial charge in [-0.1, -0.05) is 13.8 Å². The molecule has 1 aliphatic rings. The highest BCUT2D eigenvalue weighted by atomic mass is 16.4. The van der Waals surface area contributed by atoms with Crippen molar-refractivity contribution in [3.05, 3.63) is 0 Å². The first-order chi connectivity index (χ1) is 15.4. The molecule has 4 amide bonds. The zero-order chi connectivity index (χ0) is 25.3. The Morgan fingerprint density at radius 3 is 2.12 bits per heavy atom. The molecule has 8 N–H and O–H groups in total.